The summed E-state index contributed by atoms with van der Waals surface area (Å²) in [5, 5.41) is 0. The first-order valence-corrected chi connectivity index (χ1v) is 12.5. The van der Waals surface area contributed by atoms with Gasteiger partial charge in [0.25, 0.3) is 0 Å². The Labute approximate surface area is 212 Å². The van der Waals surface area contributed by atoms with Gasteiger partial charge in [0, 0.05) is 15.7 Å². The summed E-state index contributed by atoms with van der Waals surface area (Å²) in [4.78, 5) is 45.2. The standard InChI is InChI=1S/C29H23BrN2O3/c1-16-7-13-21(17(2)15-16)32-28(34)24-23-14-10-18-5-3-4-6-22(18)31(23)26(25(24)29(32)35)27(33)19-8-11-20(30)12-9-19/h3-15,23-26H,1-2H3/t23-,24-,25-,26+/m0/s1. The van der Waals surface area contributed by atoms with Crippen LogP contribution in [-0.4, -0.2) is 29.7 Å². The van der Waals surface area contributed by atoms with Gasteiger partial charge in [0.1, 0.15) is 6.04 Å². The lowest BCUT2D eigenvalue weighted by atomic mass is 9.86. The molecule has 2 amide bonds. The first-order valence-electron chi connectivity index (χ1n) is 11.7. The number of hydrogen-bond acceptors (Lipinski definition) is 4. The normalized spacial score (nSPS) is 24.4. The number of amides is 2. The zero-order valence-electron chi connectivity index (χ0n) is 19.3. The molecule has 0 radical (unpaired) electrons. The van der Waals surface area contributed by atoms with Crippen LogP contribution in [0.2, 0.25) is 0 Å². The molecule has 174 valence electrons. The second-order valence-corrected chi connectivity index (χ2v) is 10.4. The first-order chi connectivity index (χ1) is 16.9. The molecular formula is C29H23BrN2O3. The number of carbonyl (C=O) groups is 3. The van der Waals surface area contributed by atoms with Crippen LogP contribution in [0.5, 0.6) is 0 Å². The molecule has 2 fully saturated rings. The average molecular weight is 527 g/mol. The average Bonchev–Trinajstić information content (AvgIpc) is 3.32. The Morgan fingerprint density at radius 1 is 0.857 bits per heavy atom. The zero-order chi connectivity index (χ0) is 24.4. The molecule has 6 rings (SSSR count). The molecule has 0 spiro atoms. The number of imide groups is 1. The van der Waals surface area contributed by atoms with Gasteiger partial charge < -0.3 is 4.90 Å². The number of anilines is 2. The molecule has 3 aromatic rings. The third kappa shape index (κ3) is 3.23. The summed E-state index contributed by atoms with van der Waals surface area (Å²) >= 11 is 3.43. The molecule has 0 bridgehead atoms. The molecule has 3 aliphatic heterocycles. The van der Waals surface area contributed by atoms with Gasteiger partial charge in [-0.05, 0) is 49.2 Å². The molecule has 5 nitrogen and oxygen atoms in total. The fourth-order valence-corrected chi connectivity index (χ4v) is 6.16. The molecule has 6 heteroatoms. The second-order valence-electron chi connectivity index (χ2n) is 9.49. The van der Waals surface area contributed by atoms with Crippen LogP contribution >= 0.6 is 15.9 Å². The minimum atomic E-state index is -0.774. The third-order valence-electron chi connectivity index (χ3n) is 7.41. The summed E-state index contributed by atoms with van der Waals surface area (Å²) in [6, 6.07) is 19.6. The summed E-state index contributed by atoms with van der Waals surface area (Å²) in [6.07, 6.45) is 3.98. The van der Waals surface area contributed by atoms with E-state index in [1.165, 1.54) is 4.90 Å². The number of benzene rings is 3. The van der Waals surface area contributed by atoms with Crippen LogP contribution in [0.15, 0.2) is 77.3 Å². The number of Topliss-reactive ketones (excluding diaryl/α,β-unsaturated/α-hetero) is 1. The lowest BCUT2D eigenvalue weighted by Crippen LogP contribution is -2.49. The van der Waals surface area contributed by atoms with Gasteiger partial charge in [-0.25, -0.2) is 4.90 Å². The fourth-order valence-electron chi connectivity index (χ4n) is 5.89. The van der Waals surface area contributed by atoms with Crippen molar-refractivity contribution in [2.24, 2.45) is 11.8 Å². The number of nitrogens with zero attached hydrogens (tertiary/aromatic N) is 2. The topological polar surface area (TPSA) is 57.7 Å². The number of carbonyl (C=O) groups excluding carboxylic acids is 3. The summed E-state index contributed by atoms with van der Waals surface area (Å²) in [5.41, 5.74) is 4.90. The molecule has 4 atom stereocenters. The SMILES string of the molecule is Cc1ccc(N2C(=O)[C@@H]3[C@H](C2=O)[C@H](C(=O)c2ccc(Br)cc2)N2c4ccccc4C=C[C@@H]32)c(C)c1. The maximum atomic E-state index is 14.0. The van der Waals surface area contributed by atoms with Gasteiger partial charge in [0.05, 0.1) is 23.6 Å². The highest BCUT2D eigenvalue weighted by molar-refractivity contribution is 9.10. The van der Waals surface area contributed by atoms with Crippen molar-refractivity contribution in [3.63, 3.8) is 0 Å². The van der Waals surface area contributed by atoms with Crippen molar-refractivity contribution in [3.8, 4) is 0 Å². The highest BCUT2D eigenvalue weighted by atomic mass is 79.9. The number of hydrogen-bond donors (Lipinski definition) is 0. The molecule has 0 saturated carbocycles. The Balaban J connectivity index is 1.50. The van der Waals surface area contributed by atoms with E-state index in [2.05, 4.69) is 15.9 Å². The minimum Gasteiger partial charge on any atom is -0.352 e. The van der Waals surface area contributed by atoms with Gasteiger partial charge in [-0.2, -0.15) is 0 Å². The van der Waals surface area contributed by atoms with E-state index in [9.17, 15) is 14.4 Å². The van der Waals surface area contributed by atoms with E-state index >= 15 is 0 Å². The number of fused-ring (bicyclic) bond motifs is 5. The van der Waals surface area contributed by atoms with Crippen LogP contribution in [0.3, 0.4) is 0 Å². The van der Waals surface area contributed by atoms with E-state index < -0.39 is 17.9 Å². The van der Waals surface area contributed by atoms with Crippen molar-refractivity contribution in [1.29, 1.82) is 0 Å². The predicted octanol–water partition coefficient (Wildman–Crippen LogP) is 5.34. The van der Waals surface area contributed by atoms with Gasteiger partial charge in [-0.1, -0.05) is 76.1 Å². The van der Waals surface area contributed by atoms with E-state index in [1.807, 2.05) is 85.5 Å². The van der Waals surface area contributed by atoms with E-state index in [1.54, 1.807) is 12.1 Å². The van der Waals surface area contributed by atoms with Crippen molar-refractivity contribution in [3.05, 3.63) is 99.5 Å². The van der Waals surface area contributed by atoms with Crippen molar-refractivity contribution in [2.45, 2.75) is 25.9 Å². The molecule has 0 N–H and O–H groups in total. The number of aryl methyl sites for hydroxylation is 2. The third-order valence-corrected chi connectivity index (χ3v) is 7.93. The Bertz CT molecular complexity index is 1430. The molecule has 0 aromatic heterocycles. The highest BCUT2D eigenvalue weighted by Crippen LogP contribution is 2.50. The lowest BCUT2D eigenvalue weighted by molar-refractivity contribution is -0.122. The Morgan fingerprint density at radius 2 is 1.57 bits per heavy atom. The summed E-state index contributed by atoms with van der Waals surface area (Å²) in [5.74, 6) is -2.08. The van der Waals surface area contributed by atoms with Gasteiger partial charge >= 0.3 is 0 Å². The Morgan fingerprint density at radius 3 is 2.31 bits per heavy atom. The van der Waals surface area contributed by atoms with E-state index in [0.29, 0.717) is 11.3 Å². The first kappa shape index (κ1) is 22.0. The molecule has 2 saturated heterocycles. The summed E-state index contributed by atoms with van der Waals surface area (Å²) in [6.45, 7) is 3.89. The van der Waals surface area contributed by atoms with Crippen molar-refractivity contribution < 1.29 is 14.4 Å². The highest BCUT2D eigenvalue weighted by Gasteiger charge is 2.64. The minimum absolute atomic E-state index is 0.149. The largest absolute Gasteiger partial charge is 0.352 e. The molecule has 3 heterocycles. The Kier molecular flexibility index (Phi) is 5.04. The monoisotopic (exact) mass is 526 g/mol. The molecular weight excluding hydrogens is 504 g/mol. The smallest absolute Gasteiger partial charge is 0.240 e. The zero-order valence-corrected chi connectivity index (χ0v) is 20.9. The molecule has 0 unspecified atom stereocenters. The van der Waals surface area contributed by atoms with Gasteiger partial charge in [-0.15, -0.1) is 0 Å². The molecule has 3 aromatic carbocycles. The number of rotatable bonds is 3. The molecule has 0 aliphatic carbocycles. The van der Waals surface area contributed by atoms with Gasteiger partial charge in [0.15, 0.2) is 5.78 Å². The number of ketones is 1. The fraction of sp³-hybridized carbons (Fsp3) is 0.207. The lowest BCUT2D eigenvalue weighted by Gasteiger charge is -2.36. The van der Waals surface area contributed by atoms with Crippen LogP contribution in [-0.2, 0) is 9.59 Å². The van der Waals surface area contributed by atoms with Crippen molar-refractivity contribution in [1.82, 2.24) is 0 Å². The van der Waals surface area contributed by atoms with Gasteiger partial charge in [0.2, 0.25) is 11.8 Å². The predicted molar refractivity (Wildman–Crippen MR) is 139 cm³/mol. The number of para-hydroxylation sites is 1. The van der Waals surface area contributed by atoms with E-state index in [-0.39, 0.29) is 23.6 Å². The van der Waals surface area contributed by atoms with E-state index in [4.69, 9.17) is 0 Å². The summed E-state index contributed by atoms with van der Waals surface area (Å²) < 4.78 is 0.871. The maximum Gasteiger partial charge on any atom is 0.240 e. The van der Waals surface area contributed by atoms with Crippen molar-refractivity contribution >= 4 is 51.0 Å². The van der Waals surface area contributed by atoms with Crippen LogP contribution in [0.1, 0.15) is 27.0 Å². The van der Waals surface area contributed by atoms with Gasteiger partial charge in [-0.3, -0.25) is 14.4 Å². The van der Waals surface area contributed by atoms with Crippen LogP contribution in [0.4, 0.5) is 11.4 Å². The summed E-state index contributed by atoms with van der Waals surface area (Å²) in [7, 11) is 0. The van der Waals surface area contributed by atoms with E-state index in [0.717, 1.165) is 26.9 Å². The van der Waals surface area contributed by atoms with Crippen LogP contribution in [0, 0.1) is 25.7 Å². The number of halogens is 1. The second kappa shape index (κ2) is 8.02. The van der Waals surface area contributed by atoms with Crippen LogP contribution in [0.25, 0.3) is 6.08 Å². The quantitative estimate of drug-likeness (QED) is 0.341. The maximum absolute atomic E-state index is 14.0. The molecule has 35 heavy (non-hydrogen) atoms. The van der Waals surface area contributed by atoms with Crippen LogP contribution < -0.4 is 9.80 Å². The molecule has 3 aliphatic rings. The Hall–Kier alpha value is -3.51. The van der Waals surface area contributed by atoms with Crippen molar-refractivity contribution in [2.75, 3.05) is 9.80 Å².